The summed E-state index contributed by atoms with van der Waals surface area (Å²) in [5.41, 5.74) is 8.05. The smallest absolute Gasteiger partial charge is 0.227 e. The highest BCUT2D eigenvalue weighted by atomic mass is 16.5. The lowest BCUT2D eigenvalue weighted by Crippen LogP contribution is -2.01. The molecule has 88 valence electrons. The second-order valence-electron chi connectivity index (χ2n) is 3.56. The summed E-state index contributed by atoms with van der Waals surface area (Å²) in [5, 5.41) is 3.13. The molecule has 17 heavy (non-hydrogen) atoms. The fourth-order valence-corrected chi connectivity index (χ4v) is 1.45. The largest absolute Gasteiger partial charge is 0.396 e. The van der Waals surface area contributed by atoms with Crippen molar-refractivity contribution in [1.82, 2.24) is 9.97 Å². The highest BCUT2D eigenvalue weighted by Gasteiger charge is 2.03. The van der Waals surface area contributed by atoms with Crippen LogP contribution in [-0.4, -0.2) is 17.1 Å². The maximum absolute atomic E-state index is 5.52. The molecular formula is C12H14N4O. The van der Waals surface area contributed by atoms with Crippen LogP contribution in [0.4, 0.5) is 17.3 Å². The maximum Gasteiger partial charge on any atom is 0.227 e. The Morgan fingerprint density at radius 3 is 2.65 bits per heavy atom. The van der Waals surface area contributed by atoms with Crippen LogP contribution in [0.1, 0.15) is 5.56 Å². The number of nitrogen functional groups attached to an aromatic ring is 1. The summed E-state index contributed by atoms with van der Waals surface area (Å²) in [5.74, 6) is 0.516. The van der Waals surface area contributed by atoms with Gasteiger partial charge in [-0.3, -0.25) is 0 Å². The second kappa shape index (κ2) is 5.27. The Labute approximate surface area is 99.7 Å². The van der Waals surface area contributed by atoms with Gasteiger partial charge in [-0.15, -0.1) is 0 Å². The van der Waals surface area contributed by atoms with E-state index < -0.39 is 0 Å². The minimum Gasteiger partial charge on any atom is -0.396 e. The number of benzene rings is 1. The highest BCUT2D eigenvalue weighted by Crippen LogP contribution is 2.19. The third kappa shape index (κ3) is 2.92. The summed E-state index contributed by atoms with van der Waals surface area (Å²) in [6, 6.07) is 7.85. The Morgan fingerprint density at radius 1 is 1.24 bits per heavy atom. The summed E-state index contributed by atoms with van der Waals surface area (Å²) in [6.45, 7) is 0.540. The zero-order valence-corrected chi connectivity index (χ0v) is 9.55. The van der Waals surface area contributed by atoms with E-state index in [-0.39, 0.29) is 0 Å². The zero-order chi connectivity index (χ0) is 12.1. The number of methoxy groups -OCH3 is 1. The van der Waals surface area contributed by atoms with Crippen molar-refractivity contribution >= 4 is 17.3 Å². The lowest BCUT2D eigenvalue weighted by Gasteiger charge is -2.09. The van der Waals surface area contributed by atoms with Crippen LogP contribution in [0, 0.1) is 0 Å². The van der Waals surface area contributed by atoms with E-state index in [0.29, 0.717) is 18.2 Å². The molecule has 0 fully saturated rings. The van der Waals surface area contributed by atoms with Crippen molar-refractivity contribution in [2.24, 2.45) is 0 Å². The SMILES string of the molecule is COCc1ccccc1Nc1ncc(N)cn1. The minimum absolute atomic E-state index is 0.516. The first kappa shape index (κ1) is 11.3. The van der Waals surface area contributed by atoms with Crippen molar-refractivity contribution in [3.63, 3.8) is 0 Å². The van der Waals surface area contributed by atoms with Gasteiger partial charge in [0.15, 0.2) is 0 Å². The number of rotatable bonds is 4. The average Bonchev–Trinajstić information content (AvgIpc) is 2.35. The molecule has 2 aromatic rings. The Hall–Kier alpha value is -2.14. The fraction of sp³-hybridized carbons (Fsp3) is 0.167. The van der Waals surface area contributed by atoms with Crippen LogP contribution in [0.3, 0.4) is 0 Å². The van der Waals surface area contributed by atoms with E-state index >= 15 is 0 Å². The van der Waals surface area contributed by atoms with Crippen molar-refractivity contribution in [3.8, 4) is 0 Å². The molecular weight excluding hydrogens is 216 g/mol. The van der Waals surface area contributed by atoms with Gasteiger partial charge in [-0.1, -0.05) is 18.2 Å². The highest BCUT2D eigenvalue weighted by molar-refractivity contribution is 5.58. The van der Waals surface area contributed by atoms with Crippen molar-refractivity contribution in [1.29, 1.82) is 0 Å². The fourth-order valence-electron chi connectivity index (χ4n) is 1.45. The molecule has 5 nitrogen and oxygen atoms in total. The van der Waals surface area contributed by atoms with Crippen LogP contribution in [0.5, 0.6) is 0 Å². The van der Waals surface area contributed by atoms with Gasteiger partial charge in [0.05, 0.1) is 24.7 Å². The number of nitrogens with zero attached hydrogens (tertiary/aromatic N) is 2. The normalized spacial score (nSPS) is 10.2. The van der Waals surface area contributed by atoms with E-state index in [1.807, 2.05) is 24.3 Å². The molecule has 0 amide bonds. The van der Waals surface area contributed by atoms with Gasteiger partial charge in [-0.25, -0.2) is 9.97 Å². The number of anilines is 3. The van der Waals surface area contributed by atoms with Crippen molar-refractivity contribution < 1.29 is 4.74 Å². The summed E-state index contributed by atoms with van der Waals surface area (Å²) in [6.07, 6.45) is 3.13. The van der Waals surface area contributed by atoms with Gasteiger partial charge < -0.3 is 15.8 Å². The monoisotopic (exact) mass is 230 g/mol. The van der Waals surface area contributed by atoms with Crippen molar-refractivity contribution in [2.45, 2.75) is 6.61 Å². The third-order valence-electron chi connectivity index (χ3n) is 2.24. The molecule has 0 aliphatic heterocycles. The summed E-state index contributed by atoms with van der Waals surface area (Å²) < 4.78 is 5.12. The molecule has 0 saturated heterocycles. The van der Waals surface area contributed by atoms with Gasteiger partial charge in [-0.05, 0) is 6.07 Å². The van der Waals surface area contributed by atoms with Crippen LogP contribution in [-0.2, 0) is 11.3 Å². The topological polar surface area (TPSA) is 73.1 Å². The summed E-state index contributed by atoms with van der Waals surface area (Å²) in [7, 11) is 1.66. The molecule has 0 unspecified atom stereocenters. The van der Waals surface area contributed by atoms with Gasteiger partial charge in [0, 0.05) is 18.4 Å². The van der Waals surface area contributed by atoms with E-state index in [1.54, 1.807) is 19.5 Å². The van der Waals surface area contributed by atoms with E-state index in [4.69, 9.17) is 10.5 Å². The molecule has 2 rings (SSSR count). The molecule has 1 heterocycles. The molecule has 0 aliphatic rings. The molecule has 5 heteroatoms. The molecule has 0 radical (unpaired) electrons. The molecule has 0 saturated carbocycles. The number of nitrogens with one attached hydrogen (secondary N) is 1. The first-order valence-corrected chi connectivity index (χ1v) is 5.21. The second-order valence-corrected chi connectivity index (χ2v) is 3.56. The Morgan fingerprint density at radius 2 is 1.94 bits per heavy atom. The number of hydrogen-bond donors (Lipinski definition) is 2. The lowest BCUT2D eigenvalue weighted by molar-refractivity contribution is 0.185. The Bertz CT molecular complexity index is 484. The standard InChI is InChI=1S/C12H14N4O/c1-17-8-9-4-2-3-5-11(9)16-12-14-6-10(13)7-15-12/h2-7H,8,13H2,1H3,(H,14,15,16). The molecule has 0 spiro atoms. The van der Waals surface area contributed by atoms with Crippen LogP contribution < -0.4 is 11.1 Å². The predicted molar refractivity (Wildman–Crippen MR) is 66.9 cm³/mol. The molecule has 3 N–H and O–H groups in total. The number of para-hydroxylation sites is 1. The number of ether oxygens (including phenoxy) is 1. The van der Waals surface area contributed by atoms with Gasteiger partial charge in [0.1, 0.15) is 0 Å². The van der Waals surface area contributed by atoms with Gasteiger partial charge in [-0.2, -0.15) is 0 Å². The first-order valence-electron chi connectivity index (χ1n) is 5.21. The first-order chi connectivity index (χ1) is 8.29. The quantitative estimate of drug-likeness (QED) is 0.839. The van der Waals surface area contributed by atoms with Crippen molar-refractivity contribution in [3.05, 3.63) is 42.2 Å². The summed E-state index contributed by atoms with van der Waals surface area (Å²) >= 11 is 0. The minimum atomic E-state index is 0.516. The van der Waals surface area contributed by atoms with E-state index in [0.717, 1.165) is 11.3 Å². The van der Waals surface area contributed by atoms with Crippen LogP contribution in [0.25, 0.3) is 0 Å². The summed E-state index contributed by atoms with van der Waals surface area (Å²) in [4.78, 5) is 8.17. The van der Waals surface area contributed by atoms with Crippen LogP contribution in [0.15, 0.2) is 36.7 Å². The van der Waals surface area contributed by atoms with E-state index in [2.05, 4.69) is 15.3 Å². The van der Waals surface area contributed by atoms with Crippen LogP contribution >= 0.6 is 0 Å². The van der Waals surface area contributed by atoms with Gasteiger partial charge in [0.2, 0.25) is 5.95 Å². The Balaban J connectivity index is 2.20. The molecule has 1 aromatic carbocycles. The van der Waals surface area contributed by atoms with E-state index in [9.17, 15) is 0 Å². The number of aromatic nitrogens is 2. The van der Waals surface area contributed by atoms with Crippen molar-refractivity contribution in [2.75, 3.05) is 18.2 Å². The molecule has 0 aliphatic carbocycles. The maximum atomic E-state index is 5.52. The van der Waals surface area contributed by atoms with Crippen LogP contribution in [0.2, 0.25) is 0 Å². The number of nitrogens with two attached hydrogens (primary N) is 1. The zero-order valence-electron chi connectivity index (χ0n) is 9.55. The molecule has 0 bridgehead atoms. The third-order valence-corrected chi connectivity index (χ3v) is 2.24. The predicted octanol–water partition coefficient (Wildman–Crippen LogP) is 1.95. The number of hydrogen-bond acceptors (Lipinski definition) is 5. The molecule has 0 atom stereocenters. The Kier molecular flexibility index (Phi) is 3.52. The van der Waals surface area contributed by atoms with Gasteiger partial charge >= 0.3 is 0 Å². The van der Waals surface area contributed by atoms with E-state index in [1.165, 1.54) is 0 Å². The molecule has 1 aromatic heterocycles. The van der Waals surface area contributed by atoms with Gasteiger partial charge in [0.25, 0.3) is 0 Å². The average molecular weight is 230 g/mol. The lowest BCUT2D eigenvalue weighted by atomic mass is 10.2.